The van der Waals surface area contributed by atoms with E-state index in [1.807, 2.05) is 0 Å². The first-order chi connectivity index (χ1) is 17.3. The van der Waals surface area contributed by atoms with Gasteiger partial charge in [-0.15, -0.1) is 0 Å². The summed E-state index contributed by atoms with van der Waals surface area (Å²) in [5, 5.41) is 10.1. The van der Waals surface area contributed by atoms with E-state index in [-0.39, 0.29) is 28.7 Å². The first-order valence-corrected chi connectivity index (χ1v) is 11.1. The molecule has 2 aromatic carbocycles. The van der Waals surface area contributed by atoms with Crippen molar-refractivity contribution in [1.29, 1.82) is 5.26 Å². The number of nitrogens with two attached hydrogens (primary N) is 1. The third kappa shape index (κ3) is 4.01. The first kappa shape index (κ1) is 24.3. The Hall–Kier alpha value is -4.78. The zero-order valence-electron chi connectivity index (χ0n) is 20.1. The van der Waals surface area contributed by atoms with Gasteiger partial charge in [-0.2, -0.15) is 5.26 Å². The van der Waals surface area contributed by atoms with Crippen LogP contribution in [-0.2, 0) is 19.1 Å². The van der Waals surface area contributed by atoms with Crippen LogP contribution in [0.1, 0.15) is 11.5 Å². The Kier molecular flexibility index (Phi) is 6.65. The molecule has 1 fully saturated rings. The fraction of sp³-hybridized carbons (Fsp3) is 0.231. The molecule has 2 N–H and O–H groups in total. The molecule has 2 aliphatic rings. The van der Waals surface area contributed by atoms with Crippen LogP contribution in [0.3, 0.4) is 0 Å². The summed E-state index contributed by atoms with van der Waals surface area (Å²) in [5.74, 6) is -2.58. The second-order valence-electron chi connectivity index (χ2n) is 8.21. The molecule has 10 nitrogen and oxygen atoms in total. The Morgan fingerprint density at radius 1 is 0.972 bits per heavy atom. The first-order valence-electron chi connectivity index (χ1n) is 11.1. The quantitative estimate of drug-likeness (QED) is 0.637. The minimum Gasteiger partial charge on any atom is -0.466 e. The summed E-state index contributed by atoms with van der Waals surface area (Å²) in [5.41, 5.74) is 8.00. The van der Waals surface area contributed by atoms with Gasteiger partial charge in [0.25, 0.3) is 0 Å². The van der Waals surface area contributed by atoms with Gasteiger partial charge >= 0.3 is 18.0 Å². The number of likely N-dealkylation sites (N-methyl/N-ethyl adjacent to an activating group) is 1. The summed E-state index contributed by atoms with van der Waals surface area (Å²) in [4.78, 5) is 43.1. The summed E-state index contributed by atoms with van der Waals surface area (Å²) >= 11 is 0. The lowest BCUT2D eigenvalue weighted by Crippen LogP contribution is -2.40. The van der Waals surface area contributed by atoms with Gasteiger partial charge in [0.15, 0.2) is 0 Å². The van der Waals surface area contributed by atoms with Crippen molar-refractivity contribution >= 4 is 29.3 Å². The molecule has 2 amide bonds. The minimum atomic E-state index is -0.939. The standard InChI is InChI=1S/C26H25N5O5/c1-29-13-14-30(26(29)34)17-9-11-18(12-10-17)31-22(25(33)36-3)21(24(32)35-2)20(19(15-27)23(31)28)16-7-5-4-6-8-16/h4-12,20H,13-14,28H2,1-3H3. The number of esters is 2. The molecule has 0 bridgehead atoms. The number of methoxy groups -OCH3 is 2. The van der Waals surface area contributed by atoms with E-state index in [2.05, 4.69) is 6.07 Å². The second kappa shape index (κ2) is 9.84. The van der Waals surface area contributed by atoms with Gasteiger partial charge in [0.1, 0.15) is 11.5 Å². The number of carbonyl (C=O) groups excluding carboxylic acids is 3. The summed E-state index contributed by atoms with van der Waals surface area (Å²) in [7, 11) is 4.12. The molecule has 4 rings (SSSR count). The van der Waals surface area contributed by atoms with Crippen molar-refractivity contribution in [3.8, 4) is 6.07 Å². The monoisotopic (exact) mass is 487 g/mol. The zero-order valence-corrected chi connectivity index (χ0v) is 20.1. The number of benzene rings is 2. The smallest absolute Gasteiger partial charge is 0.355 e. The largest absolute Gasteiger partial charge is 0.466 e. The highest BCUT2D eigenvalue weighted by atomic mass is 16.5. The Morgan fingerprint density at radius 2 is 1.58 bits per heavy atom. The van der Waals surface area contributed by atoms with E-state index in [0.29, 0.717) is 30.0 Å². The molecule has 36 heavy (non-hydrogen) atoms. The van der Waals surface area contributed by atoms with Gasteiger partial charge in [-0.05, 0) is 29.8 Å². The second-order valence-corrected chi connectivity index (χ2v) is 8.21. The number of anilines is 2. The Balaban J connectivity index is 1.91. The minimum absolute atomic E-state index is 0.0239. The Morgan fingerprint density at radius 3 is 2.11 bits per heavy atom. The average Bonchev–Trinajstić information content (AvgIpc) is 3.25. The van der Waals surface area contributed by atoms with Crippen molar-refractivity contribution in [2.24, 2.45) is 5.73 Å². The third-order valence-electron chi connectivity index (χ3n) is 6.25. The van der Waals surface area contributed by atoms with Crippen LogP contribution < -0.4 is 15.5 Å². The fourth-order valence-electron chi connectivity index (χ4n) is 4.45. The lowest BCUT2D eigenvalue weighted by molar-refractivity contribution is -0.139. The maximum absolute atomic E-state index is 13.1. The molecule has 0 saturated carbocycles. The highest BCUT2D eigenvalue weighted by molar-refractivity contribution is 6.06. The van der Waals surface area contributed by atoms with Crippen molar-refractivity contribution in [2.75, 3.05) is 44.2 Å². The number of amides is 2. The normalized spacial score (nSPS) is 17.9. The molecule has 2 heterocycles. The van der Waals surface area contributed by atoms with Gasteiger partial charge in [0.05, 0.1) is 37.4 Å². The third-order valence-corrected chi connectivity index (χ3v) is 6.25. The van der Waals surface area contributed by atoms with Crippen LogP contribution in [0.25, 0.3) is 0 Å². The van der Waals surface area contributed by atoms with Crippen LogP contribution in [0.5, 0.6) is 0 Å². The molecule has 1 atom stereocenters. The molecule has 1 saturated heterocycles. The molecule has 184 valence electrons. The van der Waals surface area contributed by atoms with Crippen molar-refractivity contribution in [2.45, 2.75) is 5.92 Å². The van der Waals surface area contributed by atoms with Gasteiger partial charge < -0.3 is 20.1 Å². The highest BCUT2D eigenvalue weighted by Crippen LogP contribution is 2.43. The maximum atomic E-state index is 13.1. The molecule has 0 aromatic heterocycles. The van der Waals surface area contributed by atoms with Gasteiger partial charge in [-0.1, -0.05) is 30.3 Å². The number of hydrogen-bond acceptors (Lipinski definition) is 8. The van der Waals surface area contributed by atoms with Crippen LogP contribution in [0.2, 0.25) is 0 Å². The molecule has 1 unspecified atom stereocenters. The summed E-state index contributed by atoms with van der Waals surface area (Å²) < 4.78 is 10.1. The van der Waals surface area contributed by atoms with Crippen molar-refractivity contribution in [1.82, 2.24) is 4.90 Å². The van der Waals surface area contributed by atoms with E-state index in [9.17, 15) is 19.6 Å². The molecule has 0 spiro atoms. The van der Waals surface area contributed by atoms with E-state index in [4.69, 9.17) is 15.2 Å². The van der Waals surface area contributed by atoms with E-state index in [0.717, 1.165) is 0 Å². The highest BCUT2D eigenvalue weighted by Gasteiger charge is 2.43. The number of rotatable bonds is 5. The summed E-state index contributed by atoms with van der Waals surface area (Å²) in [6, 6.07) is 17.5. The molecular formula is C26H25N5O5. The Bertz CT molecular complexity index is 1310. The molecule has 0 aliphatic carbocycles. The predicted molar refractivity (Wildman–Crippen MR) is 131 cm³/mol. The number of hydrogen-bond donors (Lipinski definition) is 1. The SMILES string of the molecule is COC(=O)C1=C(C(=O)OC)N(c2ccc(N3CCN(C)C3=O)cc2)C(N)=C(C#N)C1c1ccccc1. The number of allylic oxidation sites excluding steroid dienone is 1. The lowest BCUT2D eigenvalue weighted by Gasteiger charge is -2.36. The van der Waals surface area contributed by atoms with Crippen LogP contribution in [0.4, 0.5) is 16.2 Å². The molecule has 10 heteroatoms. The van der Waals surface area contributed by atoms with Gasteiger partial charge in [0.2, 0.25) is 0 Å². The van der Waals surface area contributed by atoms with Gasteiger partial charge in [-0.3, -0.25) is 9.80 Å². The average molecular weight is 488 g/mol. The molecule has 2 aliphatic heterocycles. The number of nitriles is 1. The number of urea groups is 1. The van der Waals surface area contributed by atoms with Gasteiger partial charge in [0, 0.05) is 31.5 Å². The summed E-state index contributed by atoms with van der Waals surface area (Å²) in [6.45, 7) is 1.14. The van der Waals surface area contributed by atoms with E-state index < -0.39 is 17.9 Å². The van der Waals surface area contributed by atoms with E-state index >= 15 is 0 Å². The molecule has 0 radical (unpaired) electrons. The van der Waals surface area contributed by atoms with Crippen LogP contribution >= 0.6 is 0 Å². The van der Waals surface area contributed by atoms with Crippen LogP contribution in [0.15, 0.2) is 77.3 Å². The van der Waals surface area contributed by atoms with Crippen molar-refractivity contribution in [3.05, 3.63) is 82.8 Å². The zero-order chi connectivity index (χ0) is 26.0. The van der Waals surface area contributed by atoms with Crippen molar-refractivity contribution in [3.63, 3.8) is 0 Å². The molecular weight excluding hydrogens is 462 g/mol. The van der Waals surface area contributed by atoms with Crippen LogP contribution in [0, 0.1) is 11.3 Å². The number of nitrogens with zero attached hydrogens (tertiary/aromatic N) is 4. The van der Waals surface area contributed by atoms with E-state index in [1.54, 1.807) is 71.4 Å². The summed E-state index contributed by atoms with van der Waals surface area (Å²) in [6.07, 6.45) is 0. The van der Waals surface area contributed by atoms with Crippen LogP contribution in [-0.4, -0.2) is 57.2 Å². The lowest BCUT2D eigenvalue weighted by atomic mass is 9.81. The Labute approximate surface area is 208 Å². The maximum Gasteiger partial charge on any atom is 0.355 e. The fourth-order valence-corrected chi connectivity index (χ4v) is 4.45. The molecule has 2 aromatic rings. The number of ether oxygens (including phenoxy) is 2. The van der Waals surface area contributed by atoms with Crippen molar-refractivity contribution < 1.29 is 23.9 Å². The number of carbonyl (C=O) groups is 3. The van der Waals surface area contributed by atoms with Gasteiger partial charge in [-0.25, -0.2) is 14.4 Å². The predicted octanol–water partition coefficient (Wildman–Crippen LogP) is 2.46. The van der Waals surface area contributed by atoms with E-state index in [1.165, 1.54) is 19.1 Å². The topological polar surface area (TPSA) is 129 Å².